The third-order valence-electron chi connectivity index (χ3n) is 3.51. The topological polar surface area (TPSA) is 94.1 Å². The Kier molecular flexibility index (Phi) is 5.69. The van der Waals surface area contributed by atoms with Crippen molar-refractivity contribution >= 4 is 39.9 Å². The summed E-state index contributed by atoms with van der Waals surface area (Å²) in [5.41, 5.74) is 3.50. The highest BCUT2D eigenvalue weighted by atomic mass is 32.1. The fourth-order valence-electron chi connectivity index (χ4n) is 2.14. The predicted molar refractivity (Wildman–Crippen MR) is 100 cm³/mol. The number of hydrogen-bond donors (Lipinski definition) is 1. The molecular formula is C17H16N4O3S2. The van der Waals surface area contributed by atoms with Crippen LogP contribution in [0, 0.1) is 6.92 Å². The Morgan fingerprint density at radius 2 is 2.00 bits per heavy atom. The number of carbonyl (C=O) groups is 2. The van der Waals surface area contributed by atoms with Crippen molar-refractivity contribution in [3.05, 3.63) is 45.8 Å². The lowest BCUT2D eigenvalue weighted by atomic mass is 10.1. The van der Waals surface area contributed by atoms with E-state index in [1.165, 1.54) is 16.9 Å². The number of ether oxygens (including phenoxy) is 1. The van der Waals surface area contributed by atoms with Crippen molar-refractivity contribution in [1.82, 2.24) is 14.6 Å². The third-order valence-corrected chi connectivity index (χ3v) is 5.01. The van der Waals surface area contributed by atoms with Crippen molar-refractivity contribution < 1.29 is 14.3 Å². The third kappa shape index (κ3) is 4.30. The van der Waals surface area contributed by atoms with Crippen LogP contribution in [0.25, 0.3) is 11.3 Å². The first-order valence-corrected chi connectivity index (χ1v) is 9.53. The smallest absolute Gasteiger partial charge is 0.352 e. The van der Waals surface area contributed by atoms with Crippen molar-refractivity contribution in [2.75, 3.05) is 11.9 Å². The van der Waals surface area contributed by atoms with Gasteiger partial charge in [-0.25, -0.2) is 9.78 Å². The average Bonchev–Trinajstić information content (AvgIpc) is 3.29. The molecule has 0 saturated carbocycles. The number of nitrogens with one attached hydrogen (secondary N) is 1. The number of aryl methyl sites for hydroxylation is 2. The van der Waals surface area contributed by atoms with E-state index in [1.807, 2.05) is 43.5 Å². The zero-order valence-electron chi connectivity index (χ0n) is 14.2. The van der Waals surface area contributed by atoms with Gasteiger partial charge in [0.15, 0.2) is 16.6 Å². The van der Waals surface area contributed by atoms with E-state index in [4.69, 9.17) is 4.74 Å². The summed E-state index contributed by atoms with van der Waals surface area (Å²) in [4.78, 5) is 28.7. The van der Waals surface area contributed by atoms with Gasteiger partial charge in [0.1, 0.15) is 0 Å². The van der Waals surface area contributed by atoms with Gasteiger partial charge in [-0.3, -0.25) is 10.1 Å². The van der Waals surface area contributed by atoms with Crippen LogP contribution in [0.4, 0.5) is 5.13 Å². The maximum absolute atomic E-state index is 12.0. The molecule has 0 bridgehead atoms. The number of rotatable bonds is 6. The normalized spacial score (nSPS) is 10.5. The summed E-state index contributed by atoms with van der Waals surface area (Å²) >= 11 is 2.28. The summed E-state index contributed by atoms with van der Waals surface area (Å²) in [7, 11) is 0. The molecule has 134 valence electrons. The fraction of sp³-hybridized carbons (Fsp3) is 0.235. The number of anilines is 1. The van der Waals surface area contributed by atoms with Crippen LogP contribution in [-0.2, 0) is 16.0 Å². The highest BCUT2D eigenvalue weighted by Crippen LogP contribution is 2.25. The van der Waals surface area contributed by atoms with E-state index < -0.39 is 11.9 Å². The summed E-state index contributed by atoms with van der Waals surface area (Å²) in [5.74, 6) is -1.04. The van der Waals surface area contributed by atoms with E-state index in [1.54, 1.807) is 0 Å². The number of benzene rings is 1. The Bertz CT molecular complexity index is 918. The van der Waals surface area contributed by atoms with Crippen LogP contribution in [0.5, 0.6) is 0 Å². The molecule has 9 heteroatoms. The average molecular weight is 388 g/mol. The molecule has 26 heavy (non-hydrogen) atoms. The standard InChI is InChI=1S/C17H16N4O3S2/c1-3-12-15(26-21-20-12)16(23)24-8-14(22)19-17-18-13(9-25-17)11-6-4-10(2)5-7-11/h4-7,9H,3,8H2,1-2H3,(H,18,19,22). The minimum Gasteiger partial charge on any atom is -0.451 e. The molecule has 2 aromatic heterocycles. The number of hydrogen-bond acceptors (Lipinski definition) is 8. The molecule has 0 atom stereocenters. The quantitative estimate of drug-likeness (QED) is 0.651. The van der Waals surface area contributed by atoms with E-state index in [2.05, 4.69) is 19.9 Å². The zero-order valence-corrected chi connectivity index (χ0v) is 15.8. The second-order valence-electron chi connectivity index (χ2n) is 5.43. The lowest BCUT2D eigenvalue weighted by Gasteiger charge is -2.03. The summed E-state index contributed by atoms with van der Waals surface area (Å²) in [6, 6.07) is 7.97. The van der Waals surface area contributed by atoms with E-state index in [0.29, 0.717) is 22.1 Å². The Morgan fingerprint density at radius 1 is 1.23 bits per heavy atom. The molecule has 3 rings (SSSR count). The van der Waals surface area contributed by atoms with Gasteiger partial charge in [-0.15, -0.1) is 16.4 Å². The first-order chi connectivity index (χ1) is 12.6. The predicted octanol–water partition coefficient (Wildman–Crippen LogP) is 3.33. The largest absolute Gasteiger partial charge is 0.451 e. The number of esters is 1. The van der Waals surface area contributed by atoms with E-state index >= 15 is 0 Å². The molecular weight excluding hydrogens is 372 g/mol. The number of amides is 1. The van der Waals surface area contributed by atoms with Crippen LogP contribution < -0.4 is 5.32 Å². The van der Waals surface area contributed by atoms with E-state index in [0.717, 1.165) is 22.8 Å². The van der Waals surface area contributed by atoms with Crippen LogP contribution in [-0.4, -0.2) is 33.1 Å². The molecule has 0 fully saturated rings. The number of aromatic nitrogens is 3. The molecule has 0 spiro atoms. The van der Waals surface area contributed by atoms with Crippen molar-refractivity contribution in [3.8, 4) is 11.3 Å². The highest BCUT2D eigenvalue weighted by molar-refractivity contribution is 7.14. The van der Waals surface area contributed by atoms with Crippen molar-refractivity contribution in [2.45, 2.75) is 20.3 Å². The number of thiazole rings is 1. The molecule has 0 aliphatic heterocycles. The van der Waals surface area contributed by atoms with Crippen LogP contribution in [0.2, 0.25) is 0 Å². The second kappa shape index (κ2) is 8.15. The van der Waals surface area contributed by atoms with E-state index in [-0.39, 0.29) is 6.61 Å². The molecule has 0 unspecified atom stereocenters. The molecule has 2 heterocycles. The van der Waals surface area contributed by atoms with Gasteiger partial charge in [-0.2, -0.15) is 0 Å². The summed E-state index contributed by atoms with van der Waals surface area (Å²) < 4.78 is 8.75. The van der Waals surface area contributed by atoms with Crippen LogP contribution >= 0.6 is 22.9 Å². The fourth-order valence-corrected chi connectivity index (χ4v) is 3.52. The van der Waals surface area contributed by atoms with Gasteiger partial charge in [0.2, 0.25) is 0 Å². The summed E-state index contributed by atoms with van der Waals surface area (Å²) in [5, 5.41) is 8.80. The molecule has 7 nitrogen and oxygen atoms in total. The first kappa shape index (κ1) is 18.2. The molecule has 0 aliphatic rings. The molecule has 3 aromatic rings. The number of carbonyl (C=O) groups excluding carboxylic acids is 2. The van der Waals surface area contributed by atoms with Gasteiger partial charge >= 0.3 is 5.97 Å². The first-order valence-electron chi connectivity index (χ1n) is 7.87. The maximum Gasteiger partial charge on any atom is 0.352 e. The van der Waals surface area contributed by atoms with Crippen LogP contribution in [0.1, 0.15) is 27.9 Å². The molecule has 1 aromatic carbocycles. The van der Waals surface area contributed by atoms with Gasteiger partial charge in [0.25, 0.3) is 5.91 Å². The van der Waals surface area contributed by atoms with Crippen molar-refractivity contribution in [3.63, 3.8) is 0 Å². The Hall–Kier alpha value is -2.65. The van der Waals surface area contributed by atoms with Crippen molar-refractivity contribution in [2.24, 2.45) is 0 Å². The Morgan fingerprint density at radius 3 is 2.73 bits per heavy atom. The number of nitrogens with zero attached hydrogens (tertiary/aromatic N) is 3. The van der Waals surface area contributed by atoms with Gasteiger partial charge < -0.3 is 4.74 Å². The molecule has 0 saturated heterocycles. The Labute approximate surface area is 158 Å². The maximum atomic E-state index is 12.0. The SMILES string of the molecule is CCc1nnsc1C(=O)OCC(=O)Nc1nc(-c2ccc(C)cc2)cs1. The van der Waals surface area contributed by atoms with Gasteiger partial charge in [-0.1, -0.05) is 41.2 Å². The van der Waals surface area contributed by atoms with E-state index in [9.17, 15) is 9.59 Å². The van der Waals surface area contributed by atoms with Gasteiger partial charge in [0, 0.05) is 10.9 Å². The van der Waals surface area contributed by atoms with Gasteiger partial charge in [0.05, 0.1) is 11.4 Å². The highest BCUT2D eigenvalue weighted by Gasteiger charge is 2.18. The summed E-state index contributed by atoms with van der Waals surface area (Å²) in [6.07, 6.45) is 0.577. The van der Waals surface area contributed by atoms with Gasteiger partial charge in [-0.05, 0) is 24.9 Å². The summed E-state index contributed by atoms with van der Waals surface area (Å²) in [6.45, 7) is 3.50. The second-order valence-corrected chi connectivity index (χ2v) is 7.04. The van der Waals surface area contributed by atoms with Crippen LogP contribution in [0.15, 0.2) is 29.6 Å². The Balaban J connectivity index is 1.55. The molecule has 1 N–H and O–H groups in total. The monoisotopic (exact) mass is 388 g/mol. The lowest BCUT2D eigenvalue weighted by Crippen LogP contribution is -2.20. The molecule has 1 amide bonds. The minimum absolute atomic E-state index is 0.330. The van der Waals surface area contributed by atoms with Crippen molar-refractivity contribution in [1.29, 1.82) is 0 Å². The molecule has 0 radical (unpaired) electrons. The lowest BCUT2D eigenvalue weighted by molar-refractivity contribution is -0.119. The zero-order chi connectivity index (χ0) is 18.5. The minimum atomic E-state index is -0.591. The molecule has 0 aliphatic carbocycles. The van der Waals surface area contributed by atoms with Crippen LogP contribution in [0.3, 0.4) is 0 Å².